The minimum Gasteiger partial charge on any atom is -0.495 e. The molecular formula is C14H11BrCl2FNO. The number of halogens is 4. The van der Waals surface area contributed by atoms with E-state index in [1.165, 1.54) is 19.2 Å². The van der Waals surface area contributed by atoms with Crippen LogP contribution in [-0.4, -0.2) is 7.11 Å². The van der Waals surface area contributed by atoms with Crippen LogP contribution in [-0.2, 0) is 0 Å². The van der Waals surface area contributed by atoms with E-state index in [1.54, 1.807) is 18.2 Å². The van der Waals surface area contributed by atoms with E-state index in [0.717, 1.165) is 0 Å². The van der Waals surface area contributed by atoms with Crippen LogP contribution in [0.4, 0.5) is 4.39 Å². The summed E-state index contributed by atoms with van der Waals surface area (Å²) < 4.78 is 19.1. The van der Waals surface area contributed by atoms with Crippen LogP contribution >= 0.6 is 39.1 Å². The fourth-order valence-electron chi connectivity index (χ4n) is 1.87. The normalized spacial score (nSPS) is 12.3. The monoisotopic (exact) mass is 377 g/mol. The van der Waals surface area contributed by atoms with Crippen molar-refractivity contribution in [2.24, 2.45) is 5.73 Å². The van der Waals surface area contributed by atoms with E-state index in [0.29, 0.717) is 31.4 Å². The molecule has 0 aliphatic carbocycles. The molecule has 0 bridgehead atoms. The lowest BCUT2D eigenvalue weighted by Crippen LogP contribution is -2.13. The van der Waals surface area contributed by atoms with Crippen molar-refractivity contribution in [1.82, 2.24) is 0 Å². The third-order valence-electron chi connectivity index (χ3n) is 2.85. The predicted molar refractivity (Wildman–Crippen MR) is 83.1 cm³/mol. The molecule has 0 aromatic heterocycles. The summed E-state index contributed by atoms with van der Waals surface area (Å²) in [4.78, 5) is 0. The van der Waals surface area contributed by atoms with Crippen molar-refractivity contribution in [1.29, 1.82) is 0 Å². The topological polar surface area (TPSA) is 35.2 Å². The maximum absolute atomic E-state index is 13.4. The van der Waals surface area contributed by atoms with Gasteiger partial charge in [0.1, 0.15) is 11.6 Å². The summed E-state index contributed by atoms with van der Waals surface area (Å²) in [6.07, 6.45) is 0. The van der Waals surface area contributed by atoms with E-state index in [4.69, 9.17) is 33.7 Å². The Labute approximate surface area is 134 Å². The first-order valence-electron chi connectivity index (χ1n) is 5.67. The molecule has 0 radical (unpaired) electrons. The highest BCUT2D eigenvalue weighted by atomic mass is 79.9. The van der Waals surface area contributed by atoms with Gasteiger partial charge in [-0.25, -0.2) is 4.39 Å². The van der Waals surface area contributed by atoms with Gasteiger partial charge in [0.25, 0.3) is 0 Å². The molecule has 0 spiro atoms. The van der Waals surface area contributed by atoms with Crippen molar-refractivity contribution < 1.29 is 9.13 Å². The molecule has 2 rings (SSSR count). The summed E-state index contributed by atoms with van der Waals surface area (Å²) in [5.74, 6) is 0.0913. The summed E-state index contributed by atoms with van der Waals surface area (Å²) >= 11 is 15.5. The van der Waals surface area contributed by atoms with Gasteiger partial charge in [0.15, 0.2) is 0 Å². The number of nitrogens with two attached hydrogens (primary N) is 1. The maximum Gasteiger partial charge on any atom is 0.138 e. The zero-order chi connectivity index (χ0) is 14.9. The first-order chi connectivity index (χ1) is 9.42. The third-order valence-corrected chi connectivity index (χ3v) is 3.93. The average molecular weight is 379 g/mol. The minimum atomic E-state index is -0.585. The number of benzene rings is 2. The van der Waals surface area contributed by atoms with Gasteiger partial charge in [-0.1, -0.05) is 39.1 Å². The van der Waals surface area contributed by atoms with Gasteiger partial charge in [0.2, 0.25) is 0 Å². The molecule has 6 heteroatoms. The standard InChI is InChI=1S/C14H11BrCl2FNO/c1-20-13-6-11(16)10(5-12(13)17)14(19)7-2-8(15)4-9(18)3-7/h2-6,14H,19H2,1H3. The number of rotatable bonds is 3. The molecule has 1 unspecified atom stereocenters. The second-order valence-corrected chi connectivity index (χ2v) is 5.92. The molecule has 1 atom stereocenters. The van der Waals surface area contributed by atoms with Gasteiger partial charge in [0.05, 0.1) is 18.2 Å². The Bertz CT molecular complexity index is 631. The van der Waals surface area contributed by atoms with Crippen molar-refractivity contribution in [2.45, 2.75) is 6.04 Å². The van der Waals surface area contributed by atoms with Gasteiger partial charge in [-0.2, -0.15) is 0 Å². The first-order valence-corrected chi connectivity index (χ1v) is 7.21. The minimum absolute atomic E-state index is 0.374. The lowest BCUT2D eigenvalue weighted by atomic mass is 9.99. The van der Waals surface area contributed by atoms with E-state index in [-0.39, 0.29) is 5.82 Å². The second-order valence-electron chi connectivity index (χ2n) is 4.19. The Kier molecular flexibility index (Phi) is 4.91. The first kappa shape index (κ1) is 15.6. The summed E-state index contributed by atoms with van der Waals surface area (Å²) in [6.45, 7) is 0. The van der Waals surface area contributed by atoms with Gasteiger partial charge < -0.3 is 10.5 Å². The summed E-state index contributed by atoms with van der Waals surface area (Å²) in [7, 11) is 1.50. The molecule has 2 aromatic rings. The van der Waals surface area contributed by atoms with Crippen LogP contribution in [0, 0.1) is 5.82 Å². The van der Waals surface area contributed by atoms with E-state index in [2.05, 4.69) is 15.9 Å². The molecule has 0 fully saturated rings. The molecule has 0 amide bonds. The fraction of sp³-hybridized carbons (Fsp3) is 0.143. The molecule has 0 aliphatic heterocycles. The number of methoxy groups -OCH3 is 1. The molecule has 0 saturated carbocycles. The Morgan fingerprint density at radius 3 is 2.45 bits per heavy atom. The van der Waals surface area contributed by atoms with Gasteiger partial charge in [-0.15, -0.1) is 0 Å². The highest BCUT2D eigenvalue weighted by molar-refractivity contribution is 9.10. The molecular weight excluding hydrogens is 368 g/mol. The van der Waals surface area contributed by atoms with Crippen molar-refractivity contribution in [2.75, 3.05) is 7.11 Å². The smallest absolute Gasteiger partial charge is 0.138 e. The fourth-order valence-corrected chi connectivity index (χ4v) is 2.88. The molecule has 0 heterocycles. The molecule has 106 valence electrons. The summed E-state index contributed by atoms with van der Waals surface area (Å²) in [6, 6.07) is 7.10. The molecule has 20 heavy (non-hydrogen) atoms. The zero-order valence-electron chi connectivity index (χ0n) is 10.5. The van der Waals surface area contributed by atoms with Crippen LogP contribution in [0.1, 0.15) is 17.2 Å². The van der Waals surface area contributed by atoms with Crippen LogP contribution < -0.4 is 10.5 Å². The van der Waals surface area contributed by atoms with Crippen LogP contribution in [0.15, 0.2) is 34.8 Å². The molecule has 0 saturated heterocycles. The molecule has 2 N–H and O–H groups in total. The largest absolute Gasteiger partial charge is 0.495 e. The molecule has 0 aliphatic rings. The van der Waals surface area contributed by atoms with E-state index >= 15 is 0 Å². The SMILES string of the molecule is COc1cc(Cl)c(C(N)c2cc(F)cc(Br)c2)cc1Cl. The Balaban J connectivity index is 2.47. The summed E-state index contributed by atoms with van der Waals surface area (Å²) in [5, 5.41) is 0.817. The Morgan fingerprint density at radius 2 is 1.85 bits per heavy atom. The van der Waals surface area contributed by atoms with Crippen molar-refractivity contribution >= 4 is 39.1 Å². The third kappa shape index (κ3) is 3.26. The van der Waals surface area contributed by atoms with Gasteiger partial charge in [0, 0.05) is 15.6 Å². The highest BCUT2D eigenvalue weighted by Crippen LogP contribution is 2.35. The summed E-state index contributed by atoms with van der Waals surface area (Å²) in [5.41, 5.74) is 7.35. The number of hydrogen-bond acceptors (Lipinski definition) is 2. The zero-order valence-corrected chi connectivity index (χ0v) is 13.6. The highest BCUT2D eigenvalue weighted by Gasteiger charge is 2.17. The Morgan fingerprint density at radius 1 is 1.15 bits per heavy atom. The van der Waals surface area contributed by atoms with Gasteiger partial charge in [-0.3, -0.25) is 0 Å². The quantitative estimate of drug-likeness (QED) is 0.819. The van der Waals surface area contributed by atoms with Crippen LogP contribution in [0.3, 0.4) is 0 Å². The average Bonchev–Trinajstić information content (AvgIpc) is 2.39. The lowest BCUT2D eigenvalue weighted by molar-refractivity contribution is 0.415. The molecule has 2 aromatic carbocycles. The lowest BCUT2D eigenvalue weighted by Gasteiger charge is -2.16. The number of hydrogen-bond donors (Lipinski definition) is 1. The van der Waals surface area contributed by atoms with Crippen LogP contribution in [0.5, 0.6) is 5.75 Å². The van der Waals surface area contributed by atoms with Crippen LogP contribution in [0.2, 0.25) is 10.0 Å². The van der Waals surface area contributed by atoms with Crippen molar-refractivity contribution in [3.05, 3.63) is 61.8 Å². The van der Waals surface area contributed by atoms with Crippen molar-refractivity contribution in [3.63, 3.8) is 0 Å². The van der Waals surface area contributed by atoms with E-state index < -0.39 is 6.04 Å². The van der Waals surface area contributed by atoms with E-state index in [1.807, 2.05) is 0 Å². The second kappa shape index (κ2) is 6.31. The van der Waals surface area contributed by atoms with Gasteiger partial charge >= 0.3 is 0 Å². The predicted octanol–water partition coefficient (Wildman–Crippen LogP) is 4.95. The Hall–Kier alpha value is -0.810. The molecule has 2 nitrogen and oxygen atoms in total. The van der Waals surface area contributed by atoms with Crippen LogP contribution in [0.25, 0.3) is 0 Å². The van der Waals surface area contributed by atoms with E-state index in [9.17, 15) is 4.39 Å². The number of ether oxygens (including phenoxy) is 1. The van der Waals surface area contributed by atoms with Crippen molar-refractivity contribution in [3.8, 4) is 5.75 Å². The van der Waals surface area contributed by atoms with Gasteiger partial charge in [-0.05, 0) is 35.4 Å². The maximum atomic E-state index is 13.4.